The van der Waals surface area contributed by atoms with Crippen molar-refractivity contribution >= 4 is 11.9 Å². The summed E-state index contributed by atoms with van der Waals surface area (Å²) in [7, 11) is 2.54. The Balaban J connectivity index is 2.85. The Bertz CT molecular complexity index is 648. The summed E-state index contributed by atoms with van der Waals surface area (Å²) in [5.41, 5.74) is -0.466. The number of aromatic hydroxyl groups is 1. The van der Waals surface area contributed by atoms with Gasteiger partial charge in [-0.3, -0.25) is 9.59 Å². The summed E-state index contributed by atoms with van der Waals surface area (Å²) < 4.78 is 21.5. The first-order chi connectivity index (χ1) is 13.8. The third-order valence-electron chi connectivity index (χ3n) is 5.16. The van der Waals surface area contributed by atoms with Gasteiger partial charge in [0.05, 0.1) is 5.56 Å². The van der Waals surface area contributed by atoms with Crippen molar-refractivity contribution < 1.29 is 33.6 Å². The van der Waals surface area contributed by atoms with E-state index in [0.717, 1.165) is 25.7 Å². The molecule has 0 radical (unpaired) electrons. The molecule has 0 saturated heterocycles. The van der Waals surface area contributed by atoms with Crippen LogP contribution in [0, 0.1) is 0 Å². The highest BCUT2D eigenvalue weighted by Crippen LogP contribution is 2.34. The Morgan fingerprint density at radius 2 is 1.52 bits per heavy atom. The van der Waals surface area contributed by atoms with Crippen LogP contribution in [0.5, 0.6) is 5.75 Å². The van der Waals surface area contributed by atoms with Gasteiger partial charge in [0, 0.05) is 14.2 Å². The van der Waals surface area contributed by atoms with E-state index in [9.17, 15) is 14.7 Å². The molecule has 0 saturated carbocycles. The zero-order chi connectivity index (χ0) is 21.9. The molecular weight excluding hydrogens is 376 g/mol. The fraction of sp³-hybridized carbons (Fsp3) is 0.636. The molecule has 0 bridgehead atoms. The van der Waals surface area contributed by atoms with E-state index in [4.69, 9.17) is 18.9 Å². The molecule has 0 fully saturated rings. The van der Waals surface area contributed by atoms with Gasteiger partial charge in [-0.15, -0.1) is 0 Å². The van der Waals surface area contributed by atoms with Crippen molar-refractivity contribution in [2.75, 3.05) is 14.2 Å². The normalized spacial score (nSPS) is 11.9. The lowest BCUT2D eigenvalue weighted by Crippen LogP contribution is -2.38. The summed E-state index contributed by atoms with van der Waals surface area (Å²) in [4.78, 5) is 24.9. The Morgan fingerprint density at radius 3 is 2.03 bits per heavy atom. The number of carbonyl (C=O) groups is 2. The molecule has 0 aromatic heterocycles. The number of rotatable bonds is 13. The van der Waals surface area contributed by atoms with Crippen molar-refractivity contribution in [3.8, 4) is 5.75 Å². The number of unbranched alkanes of at least 4 members (excludes halogenated alkanes) is 2. The van der Waals surface area contributed by atoms with Crippen LogP contribution < -0.4 is 0 Å². The molecule has 0 aliphatic carbocycles. The van der Waals surface area contributed by atoms with Gasteiger partial charge >= 0.3 is 17.9 Å². The van der Waals surface area contributed by atoms with Crippen LogP contribution in [-0.2, 0) is 34.5 Å². The Kier molecular flexibility index (Phi) is 10.1. The minimum atomic E-state index is -1.96. The van der Waals surface area contributed by atoms with Crippen molar-refractivity contribution in [1.82, 2.24) is 0 Å². The van der Waals surface area contributed by atoms with Crippen LogP contribution in [0.1, 0.15) is 71.3 Å². The SMILES string of the molecule is CCCCCC(CC)(CC)OC(=O)CC(=O)OC(OC)(OC)c1ccccc1O. The molecule has 0 aliphatic heterocycles. The average Bonchev–Trinajstić information content (AvgIpc) is 2.72. The van der Waals surface area contributed by atoms with Crippen LogP contribution in [0.3, 0.4) is 0 Å². The maximum atomic E-state index is 12.4. The topological polar surface area (TPSA) is 91.3 Å². The molecule has 0 aliphatic rings. The van der Waals surface area contributed by atoms with E-state index in [1.165, 1.54) is 26.4 Å². The molecule has 1 N–H and O–H groups in total. The summed E-state index contributed by atoms with van der Waals surface area (Å²) in [6.07, 6.45) is 4.61. The Hall–Kier alpha value is -2.12. The summed E-state index contributed by atoms with van der Waals surface area (Å²) in [5.74, 6) is -3.67. The third-order valence-corrected chi connectivity index (χ3v) is 5.16. The van der Waals surface area contributed by atoms with Gasteiger partial charge in [0.2, 0.25) is 0 Å². The summed E-state index contributed by atoms with van der Waals surface area (Å²) in [6.45, 7) is 6.06. The van der Waals surface area contributed by atoms with Crippen LogP contribution in [0.2, 0.25) is 0 Å². The number of ether oxygens (including phenoxy) is 4. The molecular formula is C22H34O7. The van der Waals surface area contributed by atoms with Crippen LogP contribution >= 0.6 is 0 Å². The highest BCUT2D eigenvalue weighted by Gasteiger charge is 2.41. The second-order valence-electron chi connectivity index (χ2n) is 6.95. The Labute approximate surface area is 173 Å². The first kappa shape index (κ1) is 24.9. The maximum Gasteiger partial charge on any atom is 0.361 e. The van der Waals surface area contributed by atoms with Gasteiger partial charge in [0.15, 0.2) is 0 Å². The van der Waals surface area contributed by atoms with E-state index < -0.39 is 29.9 Å². The van der Waals surface area contributed by atoms with Crippen molar-refractivity contribution in [2.24, 2.45) is 0 Å². The maximum absolute atomic E-state index is 12.4. The first-order valence-corrected chi connectivity index (χ1v) is 10.1. The van der Waals surface area contributed by atoms with E-state index in [1.54, 1.807) is 12.1 Å². The predicted octanol–water partition coefficient (Wildman–Crippen LogP) is 4.41. The molecule has 164 valence electrons. The lowest BCUT2D eigenvalue weighted by Gasteiger charge is -2.32. The van der Waals surface area contributed by atoms with Crippen LogP contribution in [-0.4, -0.2) is 36.9 Å². The minimum Gasteiger partial charge on any atom is -0.507 e. The number of methoxy groups -OCH3 is 2. The van der Waals surface area contributed by atoms with E-state index in [2.05, 4.69) is 6.92 Å². The quantitative estimate of drug-likeness (QED) is 0.223. The number of carbonyl (C=O) groups excluding carboxylic acids is 2. The number of hydrogen-bond donors (Lipinski definition) is 1. The van der Waals surface area contributed by atoms with Gasteiger partial charge in [0.1, 0.15) is 17.8 Å². The summed E-state index contributed by atoms with van der Waals surface area (Å²) in [6, 6.07) is 6.16. The number of para-hydroxylation sites is 1. The largest absolute Gasteiger partial charge is 0.507 e. The predicted molar refractivity (Wildman–Crippen MR) is 108 cm³/mol. The number of benzene rings is 1. The van der Waals surface area contributed by atoms with E-state index in [0.29, 0.717) is 12.8 Å². The van der Waals surface area contributed by atoms with Crippen molar-refractivity contribution in [3.05, 3.63) is 29.8 Å². The summed E-state index contributed by atoms with van der Waals surface area (Å²) >= 11 is 0. The monoisotopic (exact) mass is 410 g/mol. The van der Waals surface area contributed by atoms with E-state index in [-0.39, 0.29) is 11.3 Å². The molecule has 1 aromatic carbocycles. The zero-order valence-electron chi connectivity index (χ0n) is 18.2. The fourth-order valence-electron chi connectivity index (χ4n) is 3.25. The van der Waals surface area contributed by atoms with Gasteiger partial charge in [-0.1, -0.05) is 45.7 Å². The van der Waals surface area contributed by atoms with E-state index in [1.807, 2.05) is 13.8 Å². The number of esters is 2. The molecule has 0 atom stereocenters. The molecule has 1 aromatic rings. The molecule has 7 heteroatoms. The molecule has 0 unspecified atom stereocenters. The smallest absolute Gasteiger partial charge is 0.361 e. The summed E-state index contributed by atoms with van der Waals surface area (Å²) in [5, 5.41) is 10.1. The number of phenols is 1. The second-order valence-corrected chi connectivity index (χ2v) is 6.95. The molecule has 7 nitrogen and oxygen atoms in total. The lowest BCUT2D eigenvalue weighted by atomic mass is 9.90. The molecule has 0 spiro atoms. The zero-order valence-corrected chi connectivity index (χ0v) is 18.2. The molecule has 29 heavy (non-hydrogen) atoms. The average molecular weight is 411 g/mol. The van der Waals surface area contributed by atoms with Crippen LogP contribution in [0.25, 0.3) is 0 Å². The van der Waals surface area contributed by atoms with Gasteiger partial charge in [-0.05, 0) is 37.8 Å². The first-order valence-electron chi connectivity index (χ1n) is 10.1. The van der Waals surface area contributed by atoms with Crippen molar-refractivity contribution in [1.29, 1.82) is 0 Å². The lowest BCUT2D eigenvalue weighted by molar-refractivity contribution is -0.356. The fourth-order valence-corrected chi connectivity index (χ4v) is 3.25. The number of phenolic OH excluding ortho intramolecular Hbond substituents is 1. The minimum absolute atomic E-state index is 0.114. The van der Waals surface area contributed by atoms with Gasteiger partial charge in [-0.2, -0.15) is 0 Å². The standard InChI is InChI=1S/C22H34O7/c1-6-9-12-15-21(7-2,8-3)28-19(24)16-20(25)29-22(26-4,27-5)17-13-10-11-14-18(17)23/h10-11,13-14,23H,6-9,12,15-16H2,1-5H3. The van der Waals surface area contributed by atoms with Crippen LogP contribution in [0.15, 0.2) is 24.3 Å². The third kappa shape index (κ3) is 6.72. The van der Waals surface area contributed by atoms with Gasteiger partial charge in [0.25, 0.3) is 0 Å². The molecule has 1 rings (SSSR count). The molecule has 0 heterocycles. The highest BCUT2D eigenvalue weighted by atomic mass is 16.9. The highest BCUT2D eigenvalue weighted by molar-refractivity contribution is 5.91. The van der Waals surface area contributed by atoms with Gasteiger partial charge in [-0.25, -0.2) is 0 Å². The second kappa shape index (κ2) is 11.8. The number of hydrogen-bond acceptors (Lipinski definition) is 7. The van der Waals surface area contributed by atoms with Crippen LogP contribution in [0.4, 0.5) is 0 Å². The van der Waals surface area contributed by atoms with Crippen molar-refractivity contribution in [3.63, 3.8) is 0 Å². The molecule has 0 amide bonds. The van der Waals surface area contributed by atoms with Crippen molar-refractivity contribution in [2.45, 2.75) is 77.3 Å². The van der Waals surface area contributed by atoms with E-state index >= 15 is 0 Å². The van der Waals surface area contributed by atoms with Gasteiger partial charge < -0.3 is 24.1 Å². The Morgan fingerprint density at radius 1 is 0.931 bits per heavy atom.